The summed E-state index contributed by atoms with van der Waals surface area (Å²) in [5.41, 5.74) is 1.41. The minimum Gasteiger partial charge on any atom is -0.464 e. The molecule has 0 spiro atoms. The summed E-state index contributed by atoms with van der Waals surface area (Å²) in [6, 6.07) is 6.92. The van der Waals surface area contributed by atoms with Gasteiger partial charge in [0.15, 0.2) is 0 Å². The molecule has 0 aromatic carbocycles. The Kier molecular flexibility index (Phi) is 3.74. The quantitative estimate of drug-likeness (QED) is 0.844. The van der Waals surface area contributed by atoms with Crippen molar-refractivity contribution in [2.75, 3.05) is 0 Å². The SMILES string of the molecule is Cc1cc(C(C)NCc2ccc(C3CC3C)o2)c(C)s1. The van der Waals surface area contributed by atoms with Crippen molar-refractivity contribution in [3.8, 4) is 0 Å². The molecule has 0 radical (unpaired) electrons. The van der Waals surface area contributed by atoms with Gasteiger partial charge in [-0.15, -0.1) is 11.3 Å². The Morgan fingerprint density at radius 2 is 2.15 bits per heavy atom. The highest BCUT2D eigenvalue weighted by molar-refractivity contribution is 7.12. The molecule has 108 valence electrons. The third-order valence-electron chi connectivity index (χ3n) is 4.29. The third-order valence-corrected chi connectivity index (χ3v) is 5.27. The van der Waals surface area contributed by atoms with E-state index in [-0.39, 0.29) is 0 Å². The zero-order chi connectivity index (χ0) is 14.3. The predicted octanol–water partition coefficient (Wildman–Crippen LogP) is 4.93. The first-order chi connectivity index (χ1) is 9.54. The molecule has 1 aliphatic carbocycles. The first-order valence-corrected chi connectivity index (χ1v) is 8.25. The van der Waals surface area contributed by atoms with Gasteiger partial charge in [-0.05, 0) is 56.9 Å². The normalized spacial score (nSPS) is 23.0. The number of rotatable bonds is 5. The lowest BCUT2D eigenvalue weighted by atomic mass is 10.1. The van der Waals surface area contributed by atoms with E-state index in [0.717, 1.165) is 18.2 Å². The molecule has 2 heterocycles. The molecule has 3 unspecified atom stereocenters. The highest BCUT2D eigenvalue weighted by atomic mass is 32.1. The zero-order valence-electron chi connectivity index (χ0n) is 12.7. The zero-order valence-corrected chi connectivity index (χ0v) is 13.5. The highest BCUT2D eigenvalue weighted by Crippen LogP contribution is 2.47. The lowest BCUT2D eigenvalue weighted by molar-refractivity contribution is 0.430. The van der Waals surface area contributed by atoms with Gasteiger partial charge in [-0.25, -0.2) is 0 Å². The molecule has 2 nitrogen and oxygen atoms in total. The lowest BCUT2D eigenvalue weighted by Gasteiger charge is -2.12. The van der Waals surface area contributed by atoms with Crippen molar-refractivity contribution >= 4 is 11.3 Å². The molecule has 3 atom stereocenters. The molecular formula is C17H23NOS. The van der Waals surface area contributed by atoms with Gasteiger partial charge in [0.05, 0.1) is 6.54 Å². The van der Waals surface area contributed by atoms with Gasteiger partial charge in [-0.3, -0.25) is 0 Å². The Balaban J connectivity index is 1.59. The van der Waals surface area contributed by atoms with Gasteiger partial charge in [0.1, 0.15) is 11.5 Å². The maximum atomic E-state index is 5.94. The van der Waals surface area contributed by atoms with Crippen molar-refractivity contribution in [3.63, 3.8) is 0 Å². The van der Waals surface area contributed by atoms with Crippen molar-refractivity contribution in [3.05, 3.63) is 45.0 Å². The van der Waals surface area contributed by atoms with Gasteiger partial charge >= 0.3 is 0 Å². The van der Waals surface area contributed by atoms with E-state index in [4.69, 9.17) is 4.42 Å². The van der Waals surface area contributed by atoms with E-state index in [1.54, 1.807) is 0 Å². The topological polar surface area (TPSA) is 25.2 Å². The van der Waals surface area contributed by atoms with Crippen molar-refractivity contribution in [2.45, 2.75) is 52.6 Å². The van der Waals surface area contributed by atoms with Gasteiger partial charge < -0.3 is 9.73 Å². The maximum Gasteiger partial charge on any atom is 0.117 e. The molecule has 2 aromatic rings. The van der Waals surface area contributed by atoms with Gasteiger partial charge in [0.2, 0.25) is 0 Å². The van der Waals surface area contributed by atoms with Crippen LogP contribution < -0.4 is 5.32 Å². The van der Waals surface area contributed by atoms with E-state index < -0.39 is 0 Å². The largest absolute Gasteiger partial charge is 0.464 e. The van der Waals surface area contributed by atoms with Crippen LogP contribution in [0.2, 0.25) is 0 Å². The van der Waals surface area contributed by atoms with Crippen LogP contribution in [0.25, 0.3) is 0 Å². The van der Waals surface area contributed by atoms with Crippen LogP contribution >= 0.6 is 11.3 Å². The minimum absolute atomic E-state index is 0.369. The van der Waals surface area contributed by atoms with E-state index in [9.17, 15) is 0 Å². The fourth-order valence-corrected chi connectivity index (χ4v) is 3.87. The van der Waals surface area contributed by atoms with Crippen LogP contribution in [0.4, 0.5) is 0 Å². The Morgan fingerprint density at radius 1 is 1.40 bits per heavy atom. The monoisotopic (exact) mass is 289 g/mol. The molecular weight excluding hydrogens is 266 g/mol. The molecule has 0 amide bonds. The van der Waals surface area contributed by atoms with Crippen molar-refractivity contribution in [1.29, 1.82) is 0 Å². The summed E-state index contributed by atoms with van der Waals surface area (Å²) < 4.78 is 5.94. The van der Waals surface area contributed by atoms with Crippen molar-refractivity contribution < 1.29 is 4.42 Å². The minimum atomic E-state index is 0.369. The van der Waals surface area contributed by atoms with E-state index in [1.807, 2.05) is 11.3 Å². The van der Waals surface area contributed by atoms with E-state index >= 15 is 0 Å². The fourth-order valence-electron chi connectivity index (χ4n) is 2.85. The van der Waals surface area contributed by atoms with E-state index in [0.29, 0.717) is 12.0 Å². The summed E-state index contributed by atoms with van der Waals surface area (Å²) in [7, 11) is 0. The average Bonchev–Trinajstić information content (AvgIpc) is 2.84. The number of nitrogens with one attached hydrogen (secondary N) is 1. The van der Waals surface area contributed by atoms with Crippen LogP contribution in [0.5, 0.6) is 0 Å². The summed E-state index contributed by atoms with van der Waals surface area (Å²) in [4.78, 5) is 2.79. The molecule has 3 rings (SSSR count). The van der Waals surface area contributed by atoms with Gasteiger partial charge in [0, 0.05) is 21.7 Å². The second-order valence-electron chi connectivity index (χ2n) is 6.09. The van der Waals surface area contributed by atoms with Crippen LogP contribution in [-0.4, -0.2) is 0 Å². The van der Waals surface area contributed by atoms with Gasteiger partial charge in [-0.2, -0.15) is 0 Å². The molecule has 1 aliphatic rings. The van der Waals surface area contributed by atoms with Gasteiger partial charge in [0.25, 0.3) is 0 Å². The summed E-state index contributed by atoms with van der Waals surface area (Å²) in [6.45, 7) is 9.68. The summed E-state index contributed by atoms with van der Waals surface area (Å²) in [5.74, 6) is 3.69. The van der Waals surface area contributed by atoms with Crippen molar-refractivity contribution in [2.24, 2.45) is 5.92 Å². The second kappa shape index (κ2) is 5.38. The van der Waals surface area contributed by atoms with Crippen LogP contribution in [-0.2, 0) is 6.54 Å². The van der Waals surface area contributed by atoms with Gasteiger partial charge in [-0.1, -0.05) is 6.92 Å². The summed E-state index contributed by atoms with van der Waals surface area (Å²) >= 11 is 1.87. The average molecular weight is 289 g/mol. The Labute approximate surface area is 125 Å². The smallest absolute Gasteiger partial charge is 0.117 e. The predicted molar refractivity (Wildman–Crippen MR) is 84.3 cm³/mol. The van der Waals surface area contributed by atoms with Crippen LogP contribution in [0.15, 0.2) is 22.6 Å². The Hall–Kier alpha value is -1.06. The number of thiophene rings is 1. The molecule has 2 aromatic heterocycles. The Bertz CT molecular complexity index is 598. The van der Waals surface area contributed by atoms with E-state index in [1.165, 1.54) is 27.5 Å². The van der Waals surface area contributed by atoms with E-state index in [2.05, 4.69) is 51.2 Å². The second-order valence-corrected chi connectivity index (χ2v) is 7.56. The highest BCUT2D eigenvalue weighted by Gasteiger charge is 2.36. The molecule has 20 heavy (non-hydrogen) atoms. The molecule has 0 saturated heterocycles. The number of hydrogen-bond donors (Lipinski definition) is 1. The number of aryl methyl sites for hydroxylation is 2. The summed E-state index contributed by atoms with van der Waals surface area (Å²) in [5, 5.41) is 3.57. The summed E-state index contributed by atoms with van der Waals surface area (Å²) in [6.07, 6.45) is 1.28. The molecule has 1 fully saturated rings. The first-order valence-electron chi connectivity index (χ1n) is 7.43. The number of furan rings is 1. The third kappa shape index (κ3) is 2.84. The standard InChI is InChI=1S/C17H23NOS/c1-10-7-15(10)17-6-5-14(19-17)9-18-12(3)16-8-11(2)20-13(16)4/h5-6,8,10,12,15,18H,7,9H2,1-4H3. The molecule has 0 aliphatic heterocycles. The fraction of sp³-hybridized carbons (Fsp3) is 0.529. The molecule has 1 saturated carbocycles. The Morgan fingerprint density at radius 3 is 2.75 bits per heavy atom. The first kappa shape index (κ1) is 13.9. The molecule has 1 N–H and O–H groups in total. The molecule has 3 heteroatoms. The van der Waals surface area contributed by atoms with Crippen LogP contribution in [0.3, 0.4) is 0 Å². The van der Waals surface area contributed by atoms with Crippen LogP contribution in [0, 0.1) is 19.8 Å². The lowest BCUT2D eigenvalue weighted by Crippen LogP contribution is -2.17. The van der Waals surface area contributed by atoms with Crippen molar-refractivity contribution in [1.82, 2.24) is 5.32 Å². The van der Waals surface area contributed by atoms with Crippen LogP contribution in [0.1, 0.15) is 59.1 Å². The molecule has 0 bridgehead atoms. The maximum absolute atomic E-state index is 5.94. The number of hydrogen-bond acceptors (Lipinski definition) is 3.